The quantitative estimate of drug-likeness (QED) is 0.180. The molecule has 17 heteroatoms. The van der Waals surface area contributed by atoms with Crippen LogP contribution in [-0.4, -0.2) is 132 Å². The molecular formula is C29H39B2N11O2S2. The van der Waals surface area contributed by atoms with Crippen molar-refractivity contribution < 1.29 is 18.8 Å². The van der Waals surface area contributed by atoms with Crippen molar-refractivity contribution in [3.63, 3.8) is 0 Å². The molecule has 4 fully saturated rings. The third-order valence-electron chi connectivity index (χ3n) is 8.35. The van der Waals surface area contributed by atoms with Crippen molar-refractivity contribution in [1.29, 1.82) is 0 Å². The Morgan fingerprint density at radius 1 is 0.609 bits per heavy atom. The van der Waals surface area contributed by atoms with Crippen molar-refractivity contribution in [3.8, 4) is 0 Å². The van der Waals surface area contributed by atoms with E-state index in [0.29, 0.717) is 5.65 Å². The summed E-state index contributed by atoms with van der Waals surface area (Å²) >= 11 is 7.17. The van der Waals surface area contributed by atoms with E-state index < -0.39 is 0 Å². The van der Waals surface area contributed by atoms with E-state index in [1.54, 1.807) is 11.0 Å². The predicted molar refractivity (Wildman–Crippen MR) is 183 cm³/mol. The van der Waals surface area contributed by atoms with Crippen LogP contribution in [0.1, 0.15) is 51.4 Å². The van der Waals surface area contributed by atoms with Crippen LogP contribution >= 0.6 is 24.1 Å². The highest BCUT2D eigenvalue weighted by molar-refractivity contribution is 7.83. The summed E-state index contributed by atoms with van der Waals surface area (Å²) < 4.78 is 4.64. The second kappa shape index (κ2) is 17.3. The van der Waals surface area contributed by atoms with E-state index in [1.807, 2.05) is 36.4 Å². The highest BCUT2D eigenvalue weighted by Gasteiger charge is 2.33. The molecule has 0 bridgehead atoms. The van der Waals surface area contributed by atoms with Gasteiger partial charge in [-0.15, -0.1) is 10.2 Å². The molecule has 4 saturated heterocycles. The Bertz CT molecular complexity index is 1500. The zero-order chi connectivity index (χ0) is 32.1. The molecule has 0 atom stereocenters. The maximum atomic E-state index is 6.15. The summed E-state index contributed by atoms with van der Waals surface area (Å²) in [5.41, 5.74) is 3.18. The van der Waals surface area contributed by atoms with Crippen molar-refractivity contribution in [1.82, 2.24) is 45.1 Å². The van der Waals surface area contributed by atoms with Crippen LogP contribution in [0.3, 0.4) is 0 Å². The largest absolute Gasteiger partial charge is 0.503 e. The molecule has 0 spiro atoms. The van der Waals surface area contributed by atoms with E-state index in [0.717, 1.165) is 81.0 Å². The van der Waals surface area contributed by atoms with Crippen LogP contribution in [0.4, 0.5) is 0 Å². The highest BCUT2D eigenvalue weighted by atomic mass is 32.1. The molecular weight excluding hydrogens is 620 g/mol. The van der Waals surface area contributed by atoms with E-state index in [4.69, 9.17) is 9.68 Å². The van der Waals surface area contributed by atoms with Gasteiger partial charge in [0.25, 0.3) is 0 Å². The van der Waals surface area contributed by atoms with E-state index in [9.17, 15) is 0 Å². The van der Waals surface area contributed by atoms with Crippen LogP contribution in [0.5, 0.6) is 0 Å². The molecule has 4 aromatic rings. The number of benzene rings is 1. The minimum Gasteiger partial charge on any atom is -0.503 e. The second-order valence-corrected chi connectivity index (χ2v) is 11.3. The van der Waals surface area contributed by atoms with Gasteiger partial charge < -0.3 is 37.6 Å². The van der Waals surface area contributed by atoms with Gasteiger partial charge in [-0.25, -0.2) is 23.9 Å². The first-order valence-corrected chi connectivity index (χ1v) is 16.8. The molecule has 240 valence electrons. The number of likely N-dealkylation sites (tertiary alicyclic amines) is 2. The number of hydrogen-bond acceptors (Lipinski definition) is 9. The summed E-state index contributed by atoms with van der Waals surface area (Å²) in [6, 6.07) is 13.5. The molecule has 4 radical (unpaired) electrons. The lowest BCUT2D eigenvalue weighted by atomic mass is 10.3. The number of nitrogens with zero attached hydrogens (tertiary/aromatic N) is 11. The zero-order valence-electron chi connectivity index (χ0n) is 26.1. The summed E-state index contributed by atoms with van der Waals surface area (Å²) in [6.45, 7) is 16.6. The topological polar surface area (TPSA) is 105 Å². The number of aromatic nitrogens is 7. The fourth-order valence-electron chi connectivity index (χ4n) is 6.14. The second-order valence-electron chi connectivity index (χ2n) is 11.3. The Morgan fingerprint density at radius 3 is 1.67 bits per heavy atom. The predicted octanol–water partition coefficient (Wildman–Crippen LogP) is 2.17. The van der Waals surface area contributed by atoms with Crippen molar-refractivity contribution in [2.24, 2.45) is 0 Å². The van der Waals surface area contributed by atoms with Crippen molar-refractivity contribution in [3.05, 3.63) is 42.6 Å². The molecule has 0 aliphatic carbocycles. The lowest BCUT2D eigenvalue weighted by Crippen LogP contribution is -2.43. The molecule has 1 aromatic carbocycles. The Labute approximate surface area is 281 Å². The number of hydrogen-bond donors (Lipinski definition) is 0. The Balaban J connectivity index is 0.000000164. The van der Waals surface area contributed by atoms with Gasteiger partial charge in [-0.2, -0.15) is 0 Å². The number of para-hydroxylation sites is 1. The van der Waals surface area contributed by atoms with Gasteiger partial charge in [0.05, 0.1) is 52.4 Å². The summed E-state index contributed by atoms with van der Waals surface area (Å²) in [5.74, 6) is 0. The maximum Gasteiger partial charge on any atom is 0.472 e. The zero-order valence-corrected chi connectivity index (χ0v) is 27.7. The van der Waals surface area contributed by atoms with Crippen LogP contribution in [-0.2, 0) is 0 Å². The first-order valence-electron chi connectivity index (χ1n) is 15.9. The van der Waals surface area contributed by atoms with Crippen LogP contribution in [0.2, 0.25) is 0 Å². The third-order valence-corrected chi connectivity index (χ3v) is 8.35. The van der Waals surface area contributed by atoms with E-state index in [-0.39, 0.29) is 0 Å². The number of amidine groups is 2. The minimum atomic E-state index is 0.661. The Kier molecular flexibility index (Phi) is 12.6. The SMILES string of the molecule is [B-]=S.[B-]=S.c1ccc2c(c1)nnn2OC(N1CCCC1)=[N+]1CCCC1.c1cnc2c(c1)nnn2OC(N1CCCC1)=[N+]1CCCC1. The molecule has 8 rings (SSSR count). The van der Waals surface area contributed by atoms with Gasteiger partial charge in [0.2, 0.25) is 5.65 Å². The monoisotopic (exact) mass is 659 g/mol. The molecule has 4 aliphatic rings. The van der Waals surface area contributed by atoms with Crippen molar-refractivity contribution >= 4 is 71.8 Å². The van der Waals surface area contributed by atoms with Gasteiger partial charge in [-0.3, -0.25) is 9.68 Å². The van der Waals surface area contributed by atoms with Gasteiger partial charge in [0.1, 0.15) is 16.6 Å². The first-order chi connectivity index (χ1) is 22.8. The number of rotatable bonds is 2. The normalized spacial score (nSPS) is 17.2. The van der Waals surface area contributed by atoms with Gasteiger partial charge >= 0.3 is 12.0 Å². The lowest BCUT2D eigenvalue weighted by Gasteiger charge is -2.14. The van der Waals surface area contributed by atoms with Crippen LogP contribution in [0.25, 0.3) is 22.2 Å². The fourth-order valence-corrected chi connectivity index (χ4v) is 6.14. The van der Waals surface area contributed by atoms with Crippen LogP contribution in [0, 0.1) is 0 Å². The maximum absolute atomic E-state index is 6.15. The lowest BCUT2D eigenvalue weighted by molar-refractivity contribution is -0.521. The van der Waals surface area contributed by atoms with E-state index >= 15 is 0 Å². The van der Waals surface area contributed by atoms with Gasteiger partial charge in [0.15, 0.2) is 0 Å². The van der Waals surface area contributed by atoms with E-state index in [1.165, 1.54) is 56.2 Å². The molecule has 3 aromatic heterocycles. The van der Waals surface area contributed by atoms with Crippen molar-refractivity contribution in [2.75, 3.05) is 52.4 Å². The fraction of sp³-hybridized carbons (Fsp3) is 0.552. The molecule has 13 nitrogen and oxygen atoms in total. The number of pyridine rings is 1. The minimum absolute atomic E-state index is 0.661. The summed E-state index contributed by atoms with van der Waals surface area (Å²) in [7, 11) is 0. The molecule has 0 amide bonds. The van der Waals surface area contributed by atoms with Gasteiger partial charge in [-0.1, -0.05) is 17.0 Å². The molecule has 0 N–H and O–H groups in total. The Hall–Kier alpha value is -3.72. The summed E-state index contributed by atoms with van der Waals surface area (Å²) in [5, 5.41) is 16.5. The van der Waals surface area contributed by atoms with Gasteiger partial charge in [-0.05, 0) is 90.9 Å². The molecule has 46 heavy (non-hydrogen) atoms. The number of fused-ring (bicyclic) bond motifs is 2. The summed E-state index contributed by atoms with van der Waals surface area (Å²) in [4.78, 5) is 24.2. The first kappa shape index (κ1) is 33.6. The van der Waals surface area contributed by atoms with Crippen LogP contribution in [0.15, 0.2) is 42.6 Å². The smallest absolute Gasteiger partial charge is 0.472 e. The highest BCUT2D eigenvalue weighted by Crippen LogP contribution is 2.14. The van der Waals surface area contributed by atoms with Crippen molar-refractivity contribution in [2.45, 2.75) is 51.4 Å². The standard InChI is InChI=1S/C15H20N5O.C14H19N6O.2BS/c1-2-8-14-13(7-1)16-17-20(14)21-15(18-9-3-4-10-18)19-11-5-6-12-19;1-2-9-18(8-1)14(19-10-3-4-11-19)21-20-13-12(16-17-20)6-5-7-15-13;2*1-2/h1-2,7-8H,3-6,9-12H2;5-7H,1-4,8-11H2;;/q2*+1;2*-1. The molecule has 7 heterocycles. The average molecular weight is 659 g/mol. The molecule has 4 aliphatic heterocycles. The van der Waals surface area contributed by atoms with Crippen LogP contribution < -0.4 is 9.68 Å². The average Bonchev–Trinajstić information content (AvgIpc) is 3.97. The van der Waals surface area contributed by atoms with E-state index in [2.05, 4.69) is 82.1 Å². The third kappa shape index (κ3) is 7.97. The Morgan fingerprint density at radius 2 is 1.09 bits per heavy atom. The van der Waals surface area contributed by atoms with Gasteiger partial charge in [0, 0.05) is 6.20 Å². The molecule has 0 saturated carbocycles. The summed E-state index contributed by atoms with van der Waals surface area (Å²) in [6.07, 6.45) is 11.5. The molecule has 0 unspecified atom stereocenters.